The molecular formula is C36H36N6O2. The molecule has 1 atom stereocenters. The topological polar surface area (TPSA) is 88.9 Å². The number of tetrazole rings is 1. The summed E-state index contributed by atoms with van der Waals surface area (Å²) in [6.45, 7) is 3.85. The summed E-state index contributed by atoms with van der Waals surface area (Å²) in [6, 6.07) is 36.3. The molecule has 0 bridgehead atoms. The van der Waals surface area contributed by atoms with E-state index in [1.54, 1.807) is 7.11 Å². The van der Waals surface area contributed by atoms with Gasteiger partial charge in [-0.2, -0.15) is 0 Å². The van der Waals surface area contributed by atoms with Crippen molar-refractivity contribution in [3.8, 4) is 5.75 Å². The maximum atomic E-state index is 13.9. The van der Waals surface area contributed by atoms with E-state index in [0.717, 1.165) is 40.6 Å². The summed E-state index contributed by atoms with van der Waals surface area (Å²) >= 11 is 0. The second kappa shape index (κ2) is 13.5. The van der Waals surface area contributed by atoms with Crippen LogP contribution in [0.15, 0.2) is 114 Å². The van der Waals surface area contributed by atoms with E-state index in [4.69, 9.17) is 4.74 Å². The number of hydrogen-bond acceptors (Lipinski definition) is 6. The summed E-state index contributed by atoms with van der Waals surface area (Å²) in [5, 5.41) is 14.1. The van der Waals surface area contributed by atoms with Gasteiger partial charge in [0.15, 0.2) is 5.82 Å². The van der Waals surface area contributed by atoms with Crippen molar-refractivity contribution in [2.75, 3.05) is 7.11 Å². The number of aryl methyl sites for hydroxylation is 3. The minimum atomic E-state index is -0.526. The van der Waals surface area contributed by atoms with E-state index in [0.29, 0.717) is 31.0 Å². The Morgan fingerprint density at radius 3 is 2.16 bits per heavy atom. The average molecular weight is 585 g/mol. The molecule has 1 unspecified atom stereocenters. The molecule has 6 rings (SSSR count). The molecule has 0 amide bonds. The molecule has 222 valence electrons. The van der Waals surface area contributed by atoms with Crippen LogP contribution in [-0.2, 0) is 32.5 Å². The number of aromatic amines is 1. The average Bonchev–Trinajstić information content (AvgIpc) is 3.53. The summed E-state index contributed by atoms with van der Waals surface area (Å²) in [7, 11) is 1.66. The molecule has 4 aromatic carbocycles. The van der Waals surface area contributed by atoms with Crippen LogP contribution in [0.1, 0.15) is 46.6 Å². The second-order valence-corrected chi connectivity index (χ2v) is 11.0. The van der Waals surface area contributed by atoms with Crippen molar-refractivity contribution in [3.05, 3.63) is 153 Å². The molecule has 0 fully saturated rings. The zero-order valence-corrected chi connectivity index (χ0v) is 25.1. The molecule has 1 N–H and O–H groups in total. The van der Waals surface area contributed by atoms with Crippen molar-refractivity contribution in [3.63, 3.8) is 0 Å². The van der Waals surface area contributed by atoms with Crippen molar-refractivity contribution in [2.24, 2.45) is 0 Å². The van der Waals surface area contributed by atoms with E-state index in [-0.39, 0.29) is 5.56 Å². The molecule has 0 aliphatic heterocycles. The standard InChI is InChI=1S/C36H36N6O2/c1-3-26-16-19-33-30(22-26)23-32(36(43)37-33)34(35-38-39-40-42(35)21-20-27-10-6-4-7-11-27)41(24-28-12-8-5-9-13-28)25-29-14-17-31(44-2)18-15-29/h4-19,22-23,34H,3,20-21,24-25H2,1-2H3,(H,37,43). The molecule has 8 nitrogen and oxygen atoms in total. The second-order valence-electron chi connectivity index (χ2n) is 11.0. The first-order chi connectivity index (χ1) is 21.6. The summed E-state index contributed by atoms with van der Waals surface area (Å²) in [4.78, 5) is 19.4. The van der Waals surface area contributed by atoms with E-state index in [1.807, 2.05) is 65.3 Å². The molecule has 2 heterocycles. The number of rotatable bonds is 12. The molecule has 0 saturated heterocycles. The van der Waals surface area contributed by atoms with Crippen molar-refractivity contribution in [1.29, 1.82) is 0 Å². The molecule has 0 saturated carbocycles. The number of aromatic nitrogens is 5. The Kier molecular flexibility index (Phi) is 8.89. The van der Waals surface area contributed by atoms with Gasteiger partial charge in [-0.1, -0.05) is 85.8 Å². The van der Waals surface area contributed by atoms with Crippen LogP contribution < -0.4 is 10.3 Å². The Balaban J connectivity index is 1.49. The number of ether oxygens (including phenoxy) is 1. The third-order valence-corrected chi connectivity index (χ3v) is 8.04. The number of H-pyrrole nitrogens is 1. The molecule has 8 heteroatoms. The Bertz CT molecular complexity index is 1870. The van der Waals surface area contributed by atoms with Crippen LogP contribution >= 0.6 is 0 Å². The van der Waals surface area contributed by atoms with Crippen LogP contribution in [0.2, 0.25) is 0 Å². The lowest BCUT2D eigenvalue weighted by Gasteiger charge is -2.31. The van der Waals surface area contributed by atoms with Gasteiger partial charge in [0, 0.05) is 30.7 Å². The van der Waals surface area contributed by atoms with E-state index >= 15 is 0 Å². The quantitative estimate of drug-likeness (QED) is 0.186. The van der Waals surface area contributed by atoms with E-state index in [2.05, 4.69) is 80.9 Å². The van der Waals surface area contributed by atoms with Crippen molar-refractivity contribution in [2.45, 2.75) is 45.4 Å². The molecular weight excluding hydrogens is 548 g/mol. The minimum absolute atomic E-state index is 0.155. The fourth-order valence-corrected chi connectivity index (χ4v) is 5.66. The zero-order chi connectivity index (χ0) is 30.3. The Labute approximate surface area is 256 Å². The highest BCUT2D eigenvalue weighted by Gasteiger charge is 2.31. The van der Waals surface area contributed by atoms with Crippen molar-refractivity contribution < 1.29 is 4.74 Å². The molecule has 2 aromatic heterocycles. The molecule has 0 radical (unpaired) electrons. The number of nitrogens with one attached hydrogen (secondary N) is 1. The van der Waals surface area contributed by atoms with Crippen LogP contribution in [-0.4, -0.2) is 37.2 Å². The highest BCUT2D eigenvalue weighted by molar-refractivity contribution is 5.80. The first-order valence-electron chi connectivity index (χ1n) is 15.0. The summed E-state index contributed by atoms with van der Waals surface area (Å²) in [5.74, 6) is 1.42. The first kappa shape index (κ1) is 29.0. The maximum Gasteiger partial charge on any atom is 0.253 e. The van der Waals surface area contributed by atoms with Crippen LogP contribution in [0.4, 0.5) is 0 Å². The van der Waals surface area contributed by atoms with Gasteiger partial charge >= 0.3 is 0 Å². The van der Waals surface area contributed by atoms with Crippen molar-refractivity contribution >= 4 is 10.9 Å². The lowest BCUT2D eigenvalue weighted by molar-refractivity contribution is 0.193. The Hall–Kier alpha value is -5.08. The van der Waals surface area contributed by atoms with Gasteiger partial charge in [0.1, 0.15) is 11.8 Å². The normalized spacial score (nSPS) is 12.1. The Morgan fingerprint density at radius 1 is 0.818 bits per heavy atom. The number of benzene rings is 4. The fourth-order valence-electron chi connectivity index (χ4n) is 5.66. The fraction of sp³-hybridized carbons (Fsp3) is 0.222. The van der Waals surface area contributed by atoms with Crippen LogP contribution in [0.5, 0.6) is 5.75 Å². The van der Waals surface area contributed by atoms with Crippen LogP contribution in [0, 0.1) is 0 Å². The highest BCUT2D eigenvalue weighted by atomic mass is 16.5. The van der Waals surface area contributed by atoms with Gasteiger partial charge in [-0.3, -0.25) is 9.69 Å². The van der Waals surface area contributed by atoms with Gasteiger partial charge in [0.05, 0.1) is 7.11 Å². The maximum absolute atomic E-state index is 13.9. The summed E-state index contributed by atoms with van der Waals surface area (Å²) in [6.07, 6.45) is 1.67. The molecule has 0 spiro atoms. The molecule has 0 aliphatic rings. The monoisotopic (exact) mass is 584 g/mol. The van der Waals surface area contributed by atoms with Crippen LogP contribution in [0.3, 0.4) is 0 Å². The zero-order valence-electron chi connectivity index (χ0n) is 25.1. The number of hydrogen-bond donors (Lipinski definition) is 1. The highest BCUT2D eigenvalue weighted by Crippen LogP contribution is 2.31. The van der Waals surface area contributed by atoms with Gasteiger partial charge in [-0.25, -0.2) is 4.68 Å². The van der Waals surface area contributed by atoms with Gasteiger partial charge in [-0.15, -0.1) is 5.10 Å². The lowest BCUT2D eigenvalue weighted by atomic mass is 10.00. The number of methoxy groups -OCH3 is 1. The predicted molar refractivity (Wildman–Crippen MR) is 172 cm³/mol. The number of nitrogens with zero attached hydrogens (tertiary/aromatic N) is 5. The first-order valence-corrected chi connectivity index (χ1v) is 15.0. The van der Waals surface area contributed by atoms with Gasteiger partial charge in [0.25, 0.3) is 5.56 Å². The van der Waals surface area contributed by atoms with E-state index < -0.39 is 6.04 Å². The smallest absolute Gasteiger partial charge is 0.253 e. The number of fused-ring (bicyclic) bond motifs is 1. The third kappa shape index (κ3) is 6.61. The van der Waals surface area contributed by atoms with E-state index in [1.165, 1.54) is 11.1 Å². The molecule has 0 aliphatic carbocycles. The van der Waals surface area contributed by atoms with Crippen molar-refractivity contribution in [1.82, 2.24) is 30.1 Å². The number of pyridine rings is 1. The Morgan fingerprint density at radius 2 is 1.48 bits per heavy atom. The summed E-state index contributed by atoms with van der Waals surface area (Å²) in [5.41, 5.74) is 5.87. The minimum Gasteiger partial charge on any atom is -0.497 e. The SMILES string of the molecule is CCc1ccc2[nH]c(=O)c(C(c3nnnn3CCc3ccccc3)N(Cc3ccccc3)Cc3ccc(OC)cc3)cc2c1. The molecule has 44 heavy (non-hydrogen) atoms. The largest absolute Gasteiger partial charge is 0.497 e. The van der Waals surface area contributed by atoms with Gasteiger partial charge < -0.3 is 9.72 Å². The lowest BCUT2D eigenvalue weighted by Crippen LogP contribution is -2.35. The van der Waals surface area contributed by atoms with Gasteiger partial charge in [-0.05, 0) is 81.2 Å². The predicted octanol–water partition coefficient (Wildman–Crippen LogP) is 6.12. The summed E-state index contributed by atoms with van der Waals surface area (Å²) < 4.78 is 7.25. The third-order valence-electron chi connectivity index (χ3n) is 8.04. The molecule has 6 aromatic rings. The van der Waals surface area contributed by atoms with Gasteiger partial charge in [0.2, 0.25) is 0 Å². The van der Waals surface area contributed by atoms with Crippen LogP contribution in [0.25, 0.3) is 10.9 Å². The van der Waals surface area contributed by atoms with E-state index in [9.17, 15) is 4.79 Å².